The molecule has 0 aromatic heterocycles. The number of hydrogen-bond acceptors (Lipinski definition) is 2. The fraction of sp³-hybridized carbons (Fsp3) is 0.571. The maximum atomic E-state index is 5.54. The van der Waals surface area contributed by atoms with Gasteiger partial charge in [0.2, 0.25) is 0 Å². The lowest BCUT2D eigenvalue weighted by Gasteiger charge is -2.06. The average molecular weight is 221 g/mol. The van der Waals surface area contributed by atoms with Crippen molar-refractivity contribution >= 4 is 0 Å². The lowest BCUT2D eigenvalue weighted by atomic mass is 10.1. The Balaban J connectivity index is 2.27. The Bertz CT molecular complexity index is 269. The Morgan fingerprint density at radius 2 is 1.75 bits per heavy atom. The summed E-state index contributed by atoms with van der Waals surface area (Å²) < 4.78 is 5.54. The molecule has 0 aliphatic rings. The number of hydrogen-bond donors (Lipinski definition) is 1. The van der Waals surface area contributed by atoms with Crippen molar-refractivity contribution in [3.63, 3.8) is 0 Å². The Morgan fingerprint density at radius 3 is 2.38 bits per heavy atom. The van der Waals surface area contributed by atoms with Gasteiger partial charge in [0.15, 0.2) is 0 Å². The summed E-state index contributed by atoms with van der Waals surface area (Å²) in [7, 11) is 0. The molecular formula is C14H23NO. The van der Waals surface area contributed by atoms with Crippen LogP contribution in [0.3, 0.4) is 0 Å². The number of ether oxygens (including phenoxy) is 1. The molecule has 0 radical (unpaired) electrons. The molecule has 0 fully saturated rings. The van der Waals surface area contributed by atoms with Gasteiger partial charge in [-0.3, -0.25) is 0 Å². The van der Waals surface area contributed by atoms with Crippen LogP contribution < -0.4 is 10.1 Å². The standard InChI is InChI=1S/C14H23NO/c1-3-10-15-11-9-13-5-7-14(8-6-13)16-12-4-2/h5-8,15H,3-4,9-12H2,1-2H3. The van der Waals surface area contributed by atoms with Crippen molar-refractivity contribution < 1.29 is 4.74 Å². The van der Waals surface area contributed by atoms with E-state index in [9.17, 15) is 0 Å². The van der Waals surface area contributed by atoms with E-state index >= 15 is 0 Å². The summed E-state index contributed by atoms with van der Waals surface area (Å²) in [5, 5.41) is 3.40. The summed E-state index contributed by atoms with van der Waals surface area (Å²) in [5.41, 5.74) is 1.37. The molecule has 0 bridgehead atoms. The van der Waals surface area contributed by atoms with Crippen LogP contribution >= 0.6 is 0 Å². The maximum Gasteiger partial charge on any atom is 0.119 e. The van der Waals surface area contributed by atoms with Gasteiger partial charge in [-0.05, 0) is 50.0 Å². The highest BCUT2D eigenvalue weighted by Gasteiger charge is 1.95. The summed E-state index contributed by atoms with van der Waals surface area (Å²) in [5.74, 6) is 0.979. The SMILES string of the molecule is CCCNCCc1ccc(OCCC)cc1. The van der Waals surface area contributed by atoms with Crippen molar-refractivity contribution in [2.24, 2.45) is 0 Å². The molecule has 1 N–H and O–H groups in total. The second kappa shape index (κ2) is 8.17. The predicted octanol–water partition coefficient (Wildman–Crippen LogP) is 3.02. The zero-order chi connectivity index (χ0) is 11.6. The third-order valence-electron chi connectivity index (χ3n) is 2.41. The maximum absolute atomic E-state index is 5.54. The van der Waals surface area contributed by atoms with Crippen LogP contribution in [0.25, 0.3) is 0 Å². The molecule has 1 aromatic rings. The van der Waals surface area contributed by atoms with E-state index < -0.39 is 0 Å². The first-order valence-corrected chi connectivity index (χ1v) is 6.29. The van der Waals surface area contributed by atoms with Crippen LogP contribution in [-0.4, -0.2) is 19.7 Å². The van der Waals surface area contributed by atoms with Crippen molar-refractivity contribution in [1.82, 2.24) is 5.32 Å². The first-order valence-electron chi connectivity index (χ1n) is 6.29. The van der Waals surface area contributed by atoms with Crippen molar-refractivity contribution in [3.05, 3.63) is 29.8 Å². The van der Waals surface area contributed by atoms with Crippen molar-refractivity contribution in [3.8, 4) is 5.75 Å². The molecule has 0 heterocycles. The van der Waals surface area contributed by atoms with Gasteiger partial charge in [0.25, 0.3) is 0 Å². The molecule has 0 aliphatic carbocycles. The summed E-state index contributed by atoms with van der Waals surface area (Å²) in [6.45, 7) is 7.28. The summed E-state index contributed by atoms with van der Waals surface area (Å²) in [6, 6.07) is 8.42. The topological polar surface area (TPSA) is 21.3 Å². The molecule has 0 unspecified atom stereocenters. The quantitative estimate of drug-likeness (QED) is 0.681. The van der Waals surface area contributed by atoms with Gasteiger partial charge < -0.3 is 10.1 Å². The third kappa shape index (κ3) is 5.17. The predicted molar refractivity (Wildman–Crippen MR) is 69.1 cm³/mol. The smallest absolute Gasteiger partial charge is 0.119 e. The largest absolute Gasteiger partial charge is 0.494 e. The second-order valence-electron chi connectivity index (χ2n) is 3.99. The first-order chi connectivity index (χ1) is 7.86. The lowest BCUT2D eigenvalue weighted by Crippen LogP contribution is -2.17. The molecule has 16 heavy (non-hydrogen) atoms. The number of rotatable bonds is 8. The van der Waals surface area contributed by atoms with Crippen molar-refractivity contribution in [2.75, 3.05) is 19.7 Å². The van der Waals surface area contributed by atoms with E-state index in [0.717, 1.165) is 38.3 Å². The van der Waals surface area contributed by atoms with Crippen LogP contribution in [-0.2, 0) is 6.42 Å². The van der Waals surface area contributed by atoms with Gasteiger partial charge >= 0.3 is 0 Å². The van der Waals surface area contributed by atoms with E-state index in [1.54, 1.807) is 0 Å². The van der Waals surface area contributed by atoms with Gasteiger partial charge in [-0.15, -0.1) is 0 Å². The molecule has 0 saturated carbocycles. The molecule has 1 rings (SSSR count). The zero-order valence-corrected chi connectivity index (χ0v) is 10.5. The van der Waals surface area contributed by atoms with Crippen LogP contribution in [0, 0.1) is 0 Å². The monoisotopic (exact) mass is 221 g/mol. The fourth-order valence-electron chi connectivity index (χ4n) is 1.51. The third-order valence-corrected chi connectivity index (χ3v) is 2.41. The van der Waals surface area contributed by atoms with Crippen LogP contribution in [0.2, 0.25) is 0 Å². The molecule has 0 saturated heterocycles. The highest BCUT2D eigenvalue weighted by Crippen LogP contribution is 2.12. The molecule has 0 aliphatic heterocycles. The van der Waals surface area contributed by atoms with Crippen molar-refractivity contribution in [2.45, 2.75) is 33.1 Å². The Morgan fingerprint density at radius 1 is 1.00 bits per heavy atom. The van der Waals surface area contributed by atoms with Crippen LogP contribution in [0.5, 0.6) is 5.75 Å². The fourth-order valence-corrected chi connectivity index (χ4v) is 1.51. The molecule has 0 amide bonds. The molecule has 0 spiro atoms. The second-order valence-corrected chi connectivity index (χ2v) is 3.99. The highest BCUT2D eigenvalue weighted by atomic mass is 16.5. The minimum atomic E-state index is 0.803. The molecule has 1 aromatic carbocycles. The summed E-state index contributed by atoms with van der Waals surface area (Å²) in [6.07, 6.45) is 3.35. The minimum Gasteiger partial charge on any atom is -0.494 e. The first kappa shape index (κ1) is 13.0. The normalized spacial score (nSPS) is 10.4. The average Bonchev–Trinajstić information content (AvgIpc) is 2.33. The van der Waals surface area contributed by atoms with E-state index in [1.165, 1.54) is 12.0 Å². The molecule has 2 heteroatoms. The van der Waals surface area contributed by atoms with Crippen LogP contribution in [0.1, 0.15) is 32.3 Å². The van der Waals surface area contributed by atoms with Gasteiger partial charge in [0.1, 0.15) is 5.75 Å². The number of benzene rings is 1. The Labute approximate surface area is 99.0 Å². The van der Waals surface area contributed by atoms with E-state index in [-0.39, 0.29) is 0 Å². The van der Waals surface area contributed by atoms with Gasteiger partial charge in [0, 0.05) is 0 Å². The Kier molecular flexibility index (Phi) is 6.66. The molecular weight excluding hydrogens is 198 g/mol. The van der Waals surface area contributed by atoms with Crippen LogP contribution in [0.15, 0.2) is 24.3 Å². The van der Waals surface area contributed by atoms with Gasteiger partial charge in [-0.25, -0.2) is 0 Å². The molecule has 0 atom stereocenters. The lowest BCUT2D eigenvalue weighted by molar-refractivity contribution is 0.317. The summed E-state index contributed by atoms with van der Waals surface area (Å²) >= 11 is 0. The van der Waals surface area contributed by atoms with E-state index in [2.05, 4.69) is 43.4 Å². The minimum absolute atomic E-state index is 0.803. The molecule has 90 valence electrons. The number of nitrogens with one attached hydrogen (secondary N) is 1. The highest BCUT2D eigenvalue weighted by molar-refractivity contribution is 5.27. The van der Waals surface area contributed by atoms with Gasteiger partial charge in [-0.2, -0.15) is 0 Å². The van der Waals surface area contributed by atoms with Gasteiger partial charge in [-0.1, -0.05) is 26.0 Å². The summed E-state index contributed by atoms with van der Waals surface area (Å²) in [4.78, 5) is 0. The molecule has 2 nitrogen and oxygen atoms in total. The van der Waals surface area contributed by atoms with E-state index in [4.69, 9.17) is 4.74 Å². The Hall–Kier alpha value is -1.02. The van der Waals surface area contributed by atoms with Gasteiger partial charge in [0.05, 0.1) is 6.61 Å². The van der Waals surface area contributed by atoms with E-state index in [1.807, 2.05) is 0 Å². The zero-order valence-electron chi connectivity index (χ0n) is 10.5. The van der Waals surface area contributed by atoms with Crippen LogP contribution in [0.4, 0.5) is 0 Å². The van der Waals surface area contributed by atoms with E-state index in [0.29, 0.717) is 0 Å². The van der Waals surface area contributed by atoms with Crippen molar-refractivity contribution in [1.29, 1.82) is 0 Å².